The van der Waals surface area contributed by atoms with E-state index in [1.165, 1.54) is 12.1 Å². The summed E-state index contributed by atoms with van der Waals surface area (Å²) < 4.78 is 34.7. The highest BCUT2D eigenvalue weighted by atomic mass is 19.3. The second-order valence-corrected chi connectivity index (χ2v) is 7.56. The van der Waals surface area contributed by atoms with E-state index in [-0.39, 0.29) is 29.6 Å². The maximum absolute atomic E-state index is 12.8. The lowest BCUT2D eigenvalue weighted by atomic mass is 9.97. The van der Waals surface area contributed by atoms with Crippen LogP contribution >= 0.6 is 0 Å². The van der Waals surface area contributed by atoms with Crippen LogP contribution in [0.1, 0.15) is 44.0 Å². The van der Waals surface area contributed by atoms with Crippen molar-refractivity contribution in [2.24, 2.45) is 11.1 Å². The van der Waals surface area contributed by atoms with Crippen molar-refractivity contribution in [2.75, 3.05) is 19.0 Å². The summed E-state index contributed by atoms with van der Waals surface area (Å²) in [5.41, 5.74) is 5.25. The molecule has 1 rings (SSSR count). The Kier molecular flexibility index (Phi) is 8.81. The van der Waals surface area contributed by atoms with Gasteiger partial charge in [-0.05, 0) is 30.0 Å². The Morgan fingerprint density at radius 3 is 2.38 bits per heavy atom. The topological polar surface area (TPSA) is 120 Å². The number of hydrogen-bond acceptors (Lipinski definition) is 6. The molecule has 8 nitrogen and oxygen atoms in total. The van der Waals surface area contributed by atoms with Crippen molar-refractivity contribution < 1.29 is 32.6 Å². The zero-order valence-corrected chi connectivity index (χ0v) is 16.9. The van der Waals surface area contributed by atoms with Gasteiger partial charge in [0.2, 0.25) is 5.91 Å². The molecule has 0 radical (unpaired) electrons. The van der Waals surface area contributed by atoms with Crippen molar-refractivity contribution in [3.8, 4) is 5.75 Å². The average Bonchev–Trinajstić information content (AvgIpc) is 2.61. The third-order valence-electron chi connectivity index (χ3n) is 3.74. The molecule has 162 valence electrons. The number of amides is 2. The van der Waals surface area contributed by atoms with Crippen LogP contribution in [0.2, 0.25) is 0 Å². The van der Waals surface area contributed by atoms with Crippen LogP contribution in [0.15, 0.2) is 18.2 Å². The molecule has 0 aliphatic rings. The van der Waals surface area contributed by atoms with E-state index in [4.69, 9.17) is 5.73 Å². The van der Waals surface area contributed by atoms with Crippen LogP contribution in [0.4, 0.5) is 14.5 Å². The molecule has 0 spiro atoms. The third-order valence-corrected chi connectivity index (χ3v) is 3.74. The fourth-order valence-corrected chi connectivity index (χ4v) is 2.28. The first-order valence-corrected chi connectivity index (χ1v) is 8.92. The standard InChI is InChI=1S/C19H27F2N3O5/c1-19(2,3)10-23-12-6-5-11(9-14(12)29-18(20)21)16(26)24-13(17(27)28-4)7-8-15(22)25/h5-6,9,13,18,23H,7-8,10H2,1-4H3,(H2,22,25)(H,24,26). The zero-order chi connectivity index (χ0) is 22.2. The molecule has 29 heavy (non-hydrogen) atoms. The summed E-state index contributed by atoms with van der Waals surface area (Å²) in [7, 11) is 1.13. The van der Waals surface area contributed by atoms with Gasteiger partial charge >= 0.3 is 12.6 Å². The number of anilines is 1. The smallest absolute Gasteiger partial charge is 0.387 e. The van der Waals surface area contributed by atoms with Crippen molar-refractivity contribution in [2.45, 2.75) is 46.3 Å². The van der Waals surface area contributed by atoms with E-state index in [1.54, 1.807) is 0 Å². The first-order valence-electron chi connectivity index (χ1n) is 8.92. The van der Waals surface area contributed by atoms with Gasteiger partial charge in [-0.3, -0.25) is 9.59 Å². The number of esters is 1. The van der Waals surface area contributed by atoms with E-state index < -0.39 is 30.4 Å². The van der Waals surface area contributed by atoms with Gasteiger partial charge in [-0.15, -0.1) is 0 Å². The van der Waals surface area contributed by atoms with Crippen molar-refractivity contribution in [1.29, 1.82) is 0 Å². The Morgan fingerprint density at radius 1 is 1.21 bits per heavy atom. The highest BCUT2D eigenvalue weighted by Gasteiger charge is 2.24. The molecule has 0 saturated carbocycles. The number of rotatable bonds is 10. The number of carbonyl (C=O) groups excluding carboxylic acids is 3. The summed E-state index contributed by atoms with van der Waals surface area (Å²) in [6.07, 6.45) is -0.200. The van der Waals surface area contributed by atoms with Crippen LogP contribution in [0.25, 0.3) is 0 Å². The highest BCUT2D eigenvalue weighted by molar-refractivity contribution is 5.97. The summed E-state index contributed by atoms with van der Waals surface area (Å²) in [5.74, 6) is -2.32. The molecule has 2 amide bonds. The molecular formula is C19H27F2N3O5. The highest BCUT2D eigenvalue weighted by Crippen LogP contribution is 2.29. The van der Waals surface area contributed by atoms with Crippen LogP contribution in [0.5, 0.6) is 5.75 Å². The predicted octanol–water partition coefficient (Wildman–Crippen LogP) is 2.28. The SMILES string of the molecule is COC(=O)C(CCC(N)=O)NC(=O)c1ccc(NCC(C)(C)C)c(OC(F)F)c1. The Hall–Kier alpha value is -2.91. The largest absolute Gasteiger partial charge is 0.467 e. The molecule has 0 bridgehead atoms. The lowest BCUT2D eigenvalue weighted by Crippen LogP contribution is -2.42. The normalized spacial score (nSPS) is 12.2. The van der Waals surface area contributed by atoms with Crippen LogP contribution in [0.3, 0.4) is 0 Å². The molecule has 1 atom stereocenters. The Balaban J connectivity index is 3.03. The van der Waals surface area contributed by atoms with Crippen LogP contribution in [0, 0.1) is 5.41 Å². The van der Waals surface area contributed by atoms with Crippen LogP contribution in [-0.2, 0) is 14.3 Å². The molecule has 1 aromatic rings. The number of benzene rings is 1. The first-order chi connectivity index (χ1) is 13.4. The number of carbonyl (C=O) groups is 3. The van der Waals surface area contributed by atoms with Crippen LogP contribution < -0.4 is 21.1 Å². The summed E-state index contributed by atoms with van der Waals surface area (Å²) in [6.45, 7) is 3.30. The molecule has 0 saturated heterocycles. The number of hydrogen-bond donors (Lipinski definition) is 3. The van der Waals surface area contributed by atoms with E-state index in [1.807, 2.05) is 20.8 Å². The van der Waals surface area contributed by atoms with Crippen molar-refractivity contribution >= 4 is 23.5 Å². The molecule has 10 heteroatoms. The number of nitrogens with two attached hydrogens (primary N) is 1. The maximum atomic E-state index is 12.8. The second-order valence-electron chi connectivity index (χ2n) is 7.56. The van der Waals surface area contributed by atoms with Crippen molar-refractivity contribution in [1.82, 2.24) is 5.32 Å². The lowest BCUT2D eigenvalue weighted by molar-refractivity contribution is -0.143. The summed E-state index contributed by atoms with van der Waals surface area (Å²) >= 11 is 0. The molecule has 0 fully saturated rings. The molecular weight excluding hydrogens is 388 g/mol. The minimum Gasteiger partial charge on any atom is -0.467 e. The van der Waals surface area contributed by atoms with Gasteiger partial charge in [0.1, 0.15) is 11.8 Å². The third kappa shape index (κ3) is 8.75. The van der Waals surface area contributed by atoms with Gasteiger partial charge in [0.15, 0.2) is 0 Å². The molecule has 0 heterocycles. The average molecular weight is 415 g/mol. The van der Waals surface area contributed by atoms with Crippen LogP contribution in [-0.4, -0.2) is 44.1 Å². The van der Waals surface area contributed by atoms with E-state index in [2.05, 4.69) is 20.1 Å². The quantitative estimate of drug-likeness (QED) is 0.505. The lowest BCUT2D eigenvalue weighted by Gasteiger charge is -2.21. The van der Waals surface area contributed by atoms with Gasteiger partial charge in [0, 0.05) is 18.5 Å². The number of ether oxygens (including phenoxy) is 2. The monoisotopic (exact) mass is 415 g/mol. The van der Waals surface area contributed by atoms with E-state index in [0.29, 0.717) is 12.2 Å². The number of nitrogens with one attached hydrogen (secondary N) is 2. The summed E-state index contributed by atoms with van der Waals surface area (Å²) in [6, 6.07) is 2.88. The molecule has 0 aromatic heterocycles. The molecule has 0 aliphatic carbocycles. The number of primary amides is 1. The predicted molar refractivity (Wildman–Crippen MR) is 103 cm³/mol. The number of alkyl halides is 2. The Bertz CT molecular complexity index is 735. The summed E-state index contributed by atoms with van der Waals surface area (Å²) in [5, 5.41) is 5.42. The van der Waals surface area contributed by atoms with Gasteiger partial charge in [-0.25, -0.2) is 4.79 Å². The molecule has 4 N–H and O–H groups in total. The van der Waals surface area contributed by atoms with Gasteiger partial charge < -0.3 is 25.8 Å². The van der Waals surface area contributed by atoms with E-state index in [9.17, 15) is 23.2 Å². The second kappa shape index (κ2) is 10.6. The van der Waals surface area contributed by atoms with Gasteiger partial charge in [-0.2, -0.15) is 8.78 Å². The number of halogens is 2. The maximum Gasteiger partial charge on any atom is 0.387 e. The van der Waals surface area contributed by atoms with Crippen molar-refractivity contribution in [3.05, 3.63) is 23.8 Å². The Labute approximate surface area is 168 Å². The molecule has 1 aromatic carbocycles. The zero-order valence-electron chi connectivity index (χ0n) is 16.9. The van der Waals surface area contributed by atoms with Gasteiger partial charge in [0.05, 0.1) is 12.8 Å². The minimum absolute atomic E-state index is 0.00469. The fourth-order valence-electron chi connectivity index (χ4n) is 2.28. The van der Waals surface area contributed by atoms with Gasteiger partial charge in [-0.1, -0.05) is 20.8 Å². The first kappa shape index (κ1) is 24.1. The van der Waals surface area contributed by atoms with Gasteiger partial charge in [0.25, 0.3) is 5.91 Å². The minimum atomic E-state index is -3.08. The fraction of sp³-hybridized carbons (Fsp3) is 0.526. The summed E-state index contributed by atoms with van der Waals surface area (Å²) in [4.78, 5) is 35.3. The van der Waals surface area contributed by atoms with E-state index in [0.717, 1.165) is 13.2 Å². The van der Waals surface area contributed by atoms with E-state index >= 15 is 0 Å². The number of methoxy groups -OCH3 is 1. The Morgan fingerprint density at radius 2 is 1.86 bits per heavy atom. The van der Waals surface area contributed by atoms with Crippen molar-refractivity contribution in [3.63, 3.8) is 0 Å². The molecule has 0 aliphatic heterocycles. The molecule has 1 unspecified atom stereocenters.